The van der Waals surface area contributed by atoms with Gasteiger partial charge in [0.2, 0.25) is 0 Å². The zero-order chi connectivity index (χ0) is 13.1. The molecule has 0 saturated carbocycles. The zero-order valence-corrected chi connectivity index (χ0v) is 10.7. The smallest absolute Gasteiger partial charge is 0.253 e. The van der Waals surface area contributed by atoms with Crippen LogP contribution in [0, 0.1) is 5.82 Å². The first kappa shape index (κ1) is 13.0. The quantitative estimate of drug-likeness (QED) is 0.896. The Labute approximate surface area is 106 Å². The highest BCUT2D eigenvalue weighted by atomic mass is 19.1. The van der Waals surface area contributed by atoms with Crippen molar-refractivity contribution in [3.8, 4) is 0 Å². The Morgan fingerprint density at radius 2 is 2.22 bits per heavy atom. The molecule has 18 heavy (non-hydrogen) atoms. The Hall–Kier alpha value is -1.42. The van der Waals surface area contributed by atoms with E-state index < -0.39 is 6.10 Å². The molecular weight excluding hydrogens is 233 g/mol. The van der Waals surface area contributed by atoms with Crippen LogP contribution in [0.15, 0.2) is 18.2 Å². The molecule has 0 aliphatic carbocycles. The minimum atomic E-state index is -0.393. The molecule has 1 atom stereocenters. The van der Waals surface area contributed by atoms with Crippen LogP contribution in [0.2, 0.25) is 0 Å². The number of benzene rings is 1. The molecule has 0 radical (unpaired) electrons. The van der Waals surface area contributed by atoms with Crippen LogP contribution in [0.25, 0.3) is 0 Å². The minimum Gasteiger partial charge on any atom is -0.368 e. The van der Waals surface area contributed by atoms with Crippen LogP contribution in [0.3, 0.4) is 0 Å². The number of ether oxygens (including phenoxy) is 1. The molecule has 1 saturated heterocycles. The Morgan fingerprint density at radius 3 is 2.83 bits per heavy atom. The standard InChI is InChI=1S/C14H18FNO2/c1-9(2)10-6-11(15)8-12(7-10)16-14(17)13-4-3-5-18-13/h6-9,13H,3-5H2,1-2H3,(H,16,17). The van der Waals surface area contributed by atoms with E-state index in [0.717, 1.165) is 18.4 Å². The molecule has 0 bridgehead atoms. The van der Waals surface area contributed by atoms with Crippen LogP contribution in [0.4, 0.5) is 10.1 Å². The highest BCUT2D eigenvalue weighted by molar-refractivity contribution is 5.94. The normalized spacial score (nSPS) is 19.2. The van der Waals surface area contributed by atoms with Crippen LogP contribution in [0.5, 0.6) is 0 Å². The molecule has 1 fully saturated rings. The van der Waals surface area contributed by atoms with Crippen LogP contribution in [-0.2, 0) is 9.53 Å². The van der Waals surface area contributed by atoms with Gasteiger partial charge in [0.25, 0.3) is 5.91 Å². The minimum absolute atomic E-state index is 0.187. The summed E-state index contributed by atoms with van der Waals surface area (Å²) in [5, 5.41) is 2.72. The monoisotopic (exact) mass is 251 g/mol. The Kier molecular flexibility index (Phi) is 3.97. The van der Waals surface area contributed by atoms with E-state index in [1.165, 1.54) is 12.1 Å². The van der Waals surface area contributed by atoms with Gasteiger partial charge in [-0.05, 0) is 42.5 Å². The van der Waals surface area contributed by atoms with Gasteiger partial charge in [-0.3, -0.25) is 4.79 Å². The second-order valence-electron chi connectivity index (χ2n) is 4.92. The van der Waals surface area contributed by atoms with Crippen LogP contribution >= 0.6 is 0 Å². The summed E-state index contributed by atoms with van der Waals surface area (Å²) in [7, 11) is 0. The van der Waals surface area contributed by atoms with Crippen molar-refractivity contribution in [1.82, 2.24) is 0 Å². The summed E-state index contributed by atoms with van der Waals surface area (Å²) in [5.41, 5.74) is 1.37. The Morgan fingerprint density at radius 1 is 1.44 bits per heavy atom. The van der Waals surface area contributed by atoms with Crippen molar-refractivity contribution in [2.24, 2.45) is 0 Å². The van der Waals surface area contributed by atoms with Crippen LogP contribution in [0.1, 0.15) is 38.2 Å². The van der Waals surface area contributed by atoms with Crippen LogP contribution in [-0.4, -0.2) is 18.6 Å². The lowest BCUT2D eigenvalue weighted by Gasteiger charge is -2.13. The maximum absolute atomic E-state index is 13.4. The number of carbonyl (C=O) groups is 1. The predicted octanol–water partition coefficient (Wildman–Crippen LogP) is 3.07. The van der Waals surface area contributed by atoms with Crippen molar-refractivity contribution in [3.63, 3.8) is 0 Å². The maximum Gasteiger partial charge on any atom is 0.253 e. The summed E-state index contributed by atoms with van der Waals surface area (Å²) in [6, 6.07) is 4.63. The molecule has 2 rings (SSSR count). The van der Waals surface area contributed by atoms with Gasteiger partial charge in [0.15, 0.2) is 0 Å². The molecule has 1 aliphatic heterocycles. The first-order chi connectivity index (χ1) is 8.56. The Bertz CT molecular complexity index is 439. The molecular formula is C14H18FNO2. The summed E-state index contributed by atoms with van der Waals surface area (Å²) >= 11 is 0. The largest absolute Gasteiger partial charge is 0.368 e. The molecule has 1 heterocycles. The maximum atomic E-state index is 13.4. The molecule has 1 aliphatic rings. The van der Waals surface area contributed by atoms with Gasteiger partial charge in [-0.1, -0.05) is 13.8 Å². The van der Waals surface area contributed by atoms with Gasteiger partial charge in [0, 0.05) is 12.3 Å². The lowest BCUT2D eigenvalue weighted by atomic mass is 10.0. The first-order valence-corrected chi connectivity index (χ1v) is 6.29. The van der Waals surface area contributed by atoms with E-state index in [1.54, 1.807) is 6.07 Å². The average molecular weight is 251 g/mol. The summed E-state index contributed by atoms with van der Waals surface area (Å²) < 4.78 is 18.7. The van der Waals surface area contributed by atoms with Gasteiger partial charge in [0.1, 0.15) is 11.9 Å². The van der Waals surface area contributed by atoms with Crippen molar-refractivity contribution < 1.29 is 13.9 Å². The third-order valence-corrected chi connectivity index (χ3v) is 3.08. The molecule has 1 aromatic rings. The predicted molar refractivity (Wildman–Crippen MR) is 68.1 cm³/mol. The van der Waals surface area contributed by atoms with E-state index in [2.05, 4.69) is 5.32 Å². The highest BCUT2D eigenvalue weighted by Gasteiger charge is 2.23. The molecule has 3 nitrogen and oxygen atoms in total. The van der Waals surface area contributed by atoms with E-state index in [9.17, 15) is 9.18 Å². The van der Waals surface area contributed by atoms with E-state index in [0.29, 0.717) is 12.3 Å². The lowest BCUT2D eigenvalue weighted by molar-refractivity contribution is -0.124. The van der Waals surface area contributed by atoms with Crippen molar-refractivity contribution in [2.75, 3.05) is 11.9 Å². The SMILES string of the molecule is CC(C)c1cc(F)cc(NC(=O)C2CCCO2)c1. The number of halogens is 1. The number of carbonyl (C=O) groups excluding carboxylic acids is 1. The third kappa shape index (κ3) is 3.07. The van der Waals surface area contributed by atoms with Gasteiger partial charge in [-0.25, -0.2) is 4.39 Å². The molecule has 0 aromatic heterocycles. The van der Waals surface area contributed by atoms with Gasteiger partial charge in [-0.2, -0.15) is 0 Å². The van der Waals surface area contributed by atoms with E-state index in [-0.39, 0.29) is 17.6 Å². The van der Waals surface area contributed by atoms with Crippen LogP contribution < -0.4 is 5.32 Å². The first-order valence-electron chi connectivity index (χ1n) is 6.29. The second kappa shape index (κ2) is 5.48. The fourth-order valence-electron chi connectivity index (χ4n) is 2.03. The van der Waals surface area contributed by atoms with Crippen molar-refractivity contribution in [3.05, 3.63) is 29.6 Å². The van der Waals surface area contributed by atoms with Crippen molar-refractivity contribution in [1.29, 1.82) is 0 Å². The van der Waals surface area contributed by atoms with Gasteiger partial charge in [-0.15, -0.1) is 0 Å². The number of rotatable bonds is 3. The zero-order valence-electron chi connectivity index (χ0n) is 10.7. The van der Waals surface area contributed by atoms with Gasteiger partial charge < -0.3 is 10.1 Å². The molecule has 0 spiro atoms. The Balaban J connectivity index is 2.10. The van der Waals surface area contributed by atoms with Gasteiger partial charge >= 0.3 is 0 Å². The lowest BCUT2D eigenvalue weighted by Crippen LogP contribution is -2.26. The van der Waals surface area contributed by atoms with Gasteiger partial charge in [0.05, 0.1) is 0 Å². The number of nitrogens with one attached hydrogen (secondary N) is 1. The molecule has 1 N–H and O–H groups in total. The van der Waals surface area contributed by atoms with Crippen molar-refractivity contribution >= 4 is 11.6 Å². The number of hydrogen-bond donors (Lipinski definition) is 1. The summed E-state index contributed by atoms with van der Waals surface area (Å²) in [6.07, 6.45) is 1.24. The molecule has 4 heteroatoms. The highest BCUT2D eigenvalue weighted by Crippen LogP contribution is 2.22. The summed E-state index contributed by atoms with van der Waals surface area (Å²) in [4.78, 5) is 11.8. The van der Waals surface area contributed by atoms with E-state index >= 15 is 0 Å². The number of hydrogen-bond acceptors (Lipinski definition) is 2. The topological polar surface area (TPSA) is 38.3 Å². The number of anilines is 1. The number of amides is 1. The fraction of sp³-hybridized carbons (Fsp3) is 0.500. The summed E-state index contributed by atoms with van der Waals surface area (Å²) in [5.74, 6) is -0.296. The molecule has 1 unspecified atom stereocenters. The third-order valence-electron chi connectivity index (χ3n) is 3.08. The summed E-state index contributed by atoms with van der Waals surface area (Å²) in [6.45, 7) is 4.60. The molecule has 1 amide bonds. The van der Waals surface area contributed by atoms with E-state index in [1.807, 2.05) is 13.8 Å². The molecule has 1 aromatic carbocycles. The fourth-order valence-corrected chi connectivity index (χ4v) is 2.03. The molecule has 98 valence electrons. The van der Waals surface area contributed by atoms with E-state index in [4.69, 9.17) is 4.74 Å². The second-order valence-corrected chi connectivity index (χ2v) is 4.92. The van der Waals surface area contributed by atoms with Crippen molar-refractivity contribution in [2.45, 2.75) is 38.7 Å². The average Bonchev–Trinajstić information content (AvgIpc) is 2.81.